The minimum atomic E-state index is -0.634. The first kappa shape index (κ1) is 18.0. The molecule has 2 amide bonds. The van der Waals surface area contributed by atoms with Crippen LogP contribution < -0.4 is 11.1 Å². The molecule has 0 spiro atoms. The maximum atomic E-state index is 12.4. The van der Waals surface area contributed by atoms with Gasteiger partial charge in [-0.15, -0.1) is 0 Å². The molecule has 0 aliphatic heterocycles. The summed E-state index contributed by atoms with van der Waals surface area (Å²) in [6.45, 7) is 3.85. The Balaban J connectivity index is 1.97. The van der Waals surface area contributed by atoms with Gasteiger partial charge in [-0.3, -0.25) is 9.59 Å². The third kappa shape index (κ3) is 3.93. The minimum Gasteiger partial charge on any atom is -0.465 e. The number of primary amides is 1. The van der Waals surface area contributed by atoms with E-state index in [9.17, 15) is 14.4 Å². The molecule has 2 rings (SSSR count). The van der Waals surface area contributed by atoms with Crippen molar-refractivity contribution in [2.24, 2.45) is 17.6 Å². The van der Waals surface area contributed by atoms with Crippen molar-refractivity contribution in [1.29, 1.82) is 0 Å². The number of benzene rings is 1. The van der Waals surface area contributed by atoms with Crippen LogP contribution in [0, 0.1) is 11.8 Å². The Hall–Kier alpha value is -2.37. The van der Waals surface area contributed by atoms with Crippen LogP contribution in [-0.4, -0.2) is 30.9 Å². The lowest BCUT2D eigenvalue weighted by molar-refractivity contribution is -0.129. The number of rotatable bonds is 7. The minimum absolute atomic E-state index is 0.00277. The summed E-state index contributed by atoms with van der Waals surface area (Å²) < 4.78 is 4.66. The summed E-state index contributed by atoms with van der Waals surface area (Å²) in [7, 11) is 1.34. The maximum absolute atomic E-state index is 12.4. The fourth-order valence-corrected chi connectivity index (χ4v) is 2.83. The molecule has 1 saturated carbocycles. The van der Waals surface area contributed by atoms with Gasteiger partial charge in [-0.1, -0.05) is 32.4 Å². The highest BCUT2D eigenvalue weighted by molar-refractivity contribution is 5.90. The number of methoxy groups -OCH3 is 1. The molecule has 130 valence electrons. The molecule has 1 fully saturated rings. The molecule has 1 unspecified atom stereocenters. The van der Waals surface area contributed by atoms with Gasteiger partial charge in [0.25, 0.3) is 0 Å². The first-order valence-corrected chi connectivity index (χ1v) is 8.17. The van der Waals surface area contributed by atoms with Crippen molar-refractivity contribution in [1.82, 2.24) is 5.32 Å². The fourth-order valence-electron chi connectivity index (χ4n) is 2.83. The maximum Gasteiger partial charge on any atom is 0.337 e. The summed E-state index contributed by atoms with van der Waals surface area (Å²) >= 11 is 0. The molecule has 1 aliphatic rings. The second-order valence-electron chi connectivity index (χ2n) is 6.34. The molecule has 0 bridgehead atoms. The highest BCUT2D eigenvalue weighted by Gasteiger charge is 2.45. The number of nitrogens with one attached hydrogen (secondary N) is 1. The molecular formula is C18H24N2O4. The van der Waals surface area contributed by atoms with Gasteiger partial charge in [-0.25, -0.2) is 4.79 Å². The molecule has 1 aliphatic carbocycles. The molecule has 6 heteroatoms. The number of esters is 1. The van der Waals surface area contributed by atoms with E-state index < -0.39 is 11.9 Å². The molecule has 1 aromatic carbocycles. The summed E-state index contributed by atoms with van der Waals surface area (Å²) in [6.07, 6.45) is 1.49. The van der Waals surface area contributed by atoms with Gasteiger partial charge in [0, 0.05) is 5.92 Å². The highest BCUT2D eigenvalue weighted by Crippen LogP contribution is 2.47. The standard InChI is InChI=1S/C18H24N2O4/c1-4-10(2)15(16(19)21)20-17(22)14-9-13(14)11-5-7-12(8-6-11)18(23)24-3/h5-8,10,13-15H,4,9H2,1-3H3,(H2,19,21)(H,20,22)/t10?,13-,14-,15+/m1/s1. The van der Waals surface area contributed by atoms with Gasteiger partial charge in [0.15, 0.2) is 0 Å². The van der Waals surface area contributed by atoms with Crippen LogP contribution in [0.3, 0.4) is 0 Å². The van der Waals surface area contributed by atoms with Crippen LogP contribution in [0.1, 0.15) is 48.5 Å². The molecule has 0 heterocycles. The molecule has 24 heavy (non-hydrogen) atoms. The Morgan fingerprint density at radius 1 is 1.29 bits per heavy atom. The predicted molar refractivity (Wildman–Crippen MR) is 89.2 cm³/mol. The number of nitrogens with two attached hydrogens (primary N) is 1. The molecular weight excluding hydrogens is 308 g/mol. The van der Waals surface area contributed by atoms with E-state index >= 15 is 0 Å². The molecule has 1 aromatic rings. The summed E-state index contributed by atoms with van der Waals surface area (Å²) in [5, 5.41) is 2.78. The van der Waals surface area contributed by atoms with E-state index in [-0.39, 0.29) is 29.6 Å². The van der Waals surface area contributed by atoms with Gasteiger partial charge in [0.1, 0.15) is 6.04 Å². The quantitative estimate of drug-likeness (QED) is 0.741. The molecule has 4 atom stereocenters. The van der Waals surface area contributed by atoms with Crippen LogP contribution in [0.5, 0.6) is 0 Å². The average Bonchev–Trinajstić information content (AvgIpc) is 3.38. The molecule has 0 saturated heterocycles. The number of carbonyl (C=O) groups is 3. The van der Waals surface area contributed by atoms with E-state index in [1.54, 1.807) is 12.1 Å². The van der Waals surface area contributed by atoms with E-state index in [2.05, 4.69) is 10.1 Å². The van der Waals surface area contributed by atoms with Crippen molar-refractivity contribution in [2.45, 2.75) is 38.6 Å². The van der Waals surface area contributed by atoms with E-state index in [4.69, 9.17) is 5.73 Å². The van der Waals surface area contributed by atoms with Crippen molar-refractivity contribution < 1.29 is 19.1 Å². The Labute approximate surface area is 141 Å². The molecule has 0 aromatic heterocycles. The van der Waals surface area contributed by atoms with Gasteiger partial charge in [0.05, 0.1) is 12.7 Å². The second kappa shape index (κ2) is 7.47. The third-order valence-corrected chi connectivity index (χ3v) is 4.70. The third-order valence-electron chi connectivity index (χ3n) is 4.70. The van der Waals surface area contributed by atoms with Crippen molar-refractivity contribution >= 4 is 17.8 Å². The van der Waals surface area contributed by atoms with Gasteiger partial charge in [-0.05, 0) is 36.0 Å². The van der Waals surface area contributed by atoms with E-state index in [0.717, 1.165) is 18.4 Å². The lowest BCUT2D eigenvalue weighted by atomic mass is 9.98. The van der Waals surface area contributed by atoms with Crippen LogP contribution in [0.25, 0.3) is 0 Å². The number of amides is 2. The summed E-state index contributed by atoms with van der Waals surface area (Å²) in [5.74, 6) is -1.06. The van der Waals surface area contributed by atoms with Crippen LogP contribution in [-0.2, 0) is 14.3 Å². The van der Waals surface area contributed by atoms with E-state index in [1.165, 1.54) is 7.11 Å². The zero-order chi connectivity index (χ0) is 17.9. The van der Waals surface area contributed by atoms with Crippen LogP contribution >= 0.6 is 0 Å². The van der Waals surface area contributed by atoms with Gasteiger partial charge < -0.3 is 15.8 Å². The molecule has 6 nitrogen and oxygen atoms in total. The van der Waals surface area contributed by atoms with Crippen molar-refractivity contribution in [3.8, 4) is 0 Å². The smallest absolute Gasteiger partial charge is 0.337 e. The van der Waals surface area contributed by atoms with Crippen molar-refractivity contribution in [3.05, 3.63) is 35.4 Å². The number of carbonyl (C=O) groups excluding carboxylic acids is 3. The van der Waals surface area contributed by atoms with Crippen molar-refractivity contribution in [3.63, 3.8) is 0 Å². The molecule has 3 N–H and O–H groups in total. The van der Waals surface area contributed by atoms with Gasteiger partial charge in [-0.2, -0.15) is 0 Å². The largest absolute Gasteiger partial charge is 0.465 e. The van der Waals surface area contributed by atoms with Crippen LogP contribution in [0.2, 0.25) is 0 Å². The summed E-state index contributed by atoms with van der Waals surface area (Å²) in [6, 6.07) is 6.43. The topological polar surface area (TPSA) is 98.5 Å². The Morgan fingerprint density at radius 3 is 2.42 bits per heavy atom. The van der Waals surface area contributed by atoms with E-state index in [0.29, 0.717) is 5.56 Å². The van der Waals surface area contributed by atoms with Crippen LogP contribution in [0.4, 0.5) is 0 Å². The Morgan fingerprint density at radius 2 is 1.92 bits per heavy atom. The summed E-state index contributed by atoms with van der Waals surface area (Å²) in [5.41, 5.74) is 6.87. The number of ether oxygens (including phenoxy) is 1. The van der Waals surface area contributed by atoms with Gasteiger partial charge in [0.2, 0.25) is 11.8 Å². The highest BCUT2D eigenvalue weighted by atomic mass is 16.5. The SMILES string of the molecule is CCC(C)[C@H](NC(=O)[C@@H]1C[C@@H]1c1ccc(C(=O)OC)cc1)C(N)=O. The van der Waals surface area contributed by atoms with Crippen LogP contribution in [0.15, 0.2) is 24.3 Å². The first-order chi connectivity index (χ1) is 11.4. The normalized spacial score (nSPS) is 21.5. The van der Waals surface area contributed by atoms with Gasteiger partial charge >= 0.3 is 5.97 Å². The lowest BCUT2D eigenvalue weighted by Gasteiger charge is -2.21. The summed E-state index contributed by atoms with van der Waals surface area (Å²) in [4.78, 5) is 35.3. The zero-order valence-electron chi connectivity index (χ0n) is 14.2. The Bertz CT molecular complexity index is 626. The second-order valence-corrected chi connectivity index (χ2v) is 6.34. The lowest BCUT2D eigenvalue weighted by Crippen LogP contribution is -2.48. The van der Waals surface area contributed by atoms with E-state index in [1.807, 2.05) is 26.0 Å². The predicted octanol–water partition coefficient (Wildman–Crippen LogP) is 1.59. The fraction of sp³-hybridized carbons (Fsp3) is 0.500. The molecule has 0 radical (unpaired) electrons. The number of hydrogen-bond acceptors (Lipinski definition) is 4. The number of hydrogen-bond donors (Lipinski definition) is 2. The monoisotopic (exact) mass is 332 g/mol. The first-order valence-electron chi connectivity index (χ1n) is 8.17. The average molecular weight is 332 g/mol. The zero-order valence-corrected chi connectivity index (χ0v) is 14.2. The Kier molecular flexibility index (Phi) is 5.59. The van der Waals surface area contributed by atoms with Crippen molar-refractivity contribution in [2.75, 3.05) is 7.11 Å².